The lowest BCUT2D eigenvalue weighted by Gasteiger charge is -2.46. The molecule has 3 N–H and O–H groups in total. The number of hydrogen-bond donors (Lipinski definition) is 3. The minimum Gasteiger partial charge on any atom is -0.481 e. The Labute approximate surface area is 96.6 Å². The van der Waals surface area contributed by atoms with E-state index in [-0.39, 0.29) is 12.3 Å². The Bertz CT molecular complexity index is 426. The van der Waals surface area contributed by atoms with Crippen LogP contribution in [-0.2, 0) is 14.4 Å². The molecule has 0 radical (unpaired) electrons. The van der Waals surface area contributed by atoms with Gasteiger partial charge in [0.15, 0.2) is 0 Å². The van der Waals surface area contributed by atoms with Crippen LogP contribution >= 0.6 is 0 Å². The zero-order chi connectivity index (χ0) is 12.8. The molecule has 6 nitrogen and oxygen atoms in total. The second kappa shape index (κ2) is 3.58. The molecule has 3 rings (SSSR count). The summed E-state index contributed by atoms with van der Waals surface area (Å²) in [5, 5.41) is 27.4. The van der Waals surface area contributed by atoms with Crippen molar-refractivity contribution in [2.45, 2.75) is 12.8 Å². The molecular formula is C11H12O6. The van der Waals surface area contributed by atoms with Gasteiger partial charge in [-0.15, -0.1) is 0 Å². The van der Waals surface area contributed by atoms with Crippen molar-refractivity contribution < 1.29 is 29.7 Å². The maximum Gasteiger partial charge on any atom is 0.314 e. The average Bonchev–Trinajstić information content (AvgIpc) is 2.28. The standard InChI is InChI=1S/C11H12O6/c12-8(13)6-5-1-3-11(4-2-5,10(16)17)7(6)9(14)15/h1,3,5-7H,2,4H2,(H,12,13)(H,14,15)(H,16,17)/t5-,6-,7+,11+/m0/s1. The zero-order valence-electron chi connectivity index (χ0n) is 8.87. The van der Waals surface area contributed by atoms with Gasteiger partial charge < -0.3 is 15.3 Å². The Morgan fingerprint density at radius 2 is 1.76 bits per heavy atom. The Balaban J connectivity index is 2.55. The number of carboxylic acids is 3. The smallest absolute Gasteiger partial charge is 0.314 e. The Kier molecular flexibility index (Phi) is 2.45. The van der Waals surface area contributed by atoms with Gasteiger partial charge in [-0.05, 0) is 18.8 Å². The second-order valence-corrected chi connectivity index (χ2v) is 4.59. The van der Waals surface area contributed by atoms with Gasteiger partial charge >= 0.3 is 17.9 Å². The molecule has 0 unspecified atom stereocenters. The molecule has 92 valence electrons. The van der Waals surface area contributed by atoms with E-state index in [1.807, 2.05) is 0 Å². The number of carboxylic acid groups (broad SMARTS) is 3. The van der Waals surface area contributed by atoms with Crippen molar-refractivity contribution >= 4 is 17.9 Å². The van der Waals surface area contributed by atoms with Crippen LogP contribution in [0.2, 0.25) is 0 Å². The summed E-state index contributed by atoms with van der Waals surface area (Å²) in [6.07, 6.45) is 3.49. The zero-order valence-corrected chi connectivity index (χ0v) is 8.87. The van der Waals surface area contributed by atoms with Crippen LogP contribution in [0.15, 0.2) is 12.2 Å². The summed E-state index contributed by atoms with van der Waals surface area (Å²) >= 11 is 0. The summed E-state index contributed by atoms with van der Waals surface area (Å²) in [5.41, 5.74) is -1.57. The third kappa shape index (κ3) is 1.44. The first-order valence-electron chi connectivity index (χ1n) is 5.28. The summed E-state index contributed by atoms with van der Waals surface area (Å²) in [5.74, 6) is -6.77. The second-order valence-electron chi connectivity index (χ2n) is 4.59. The summed E-state index contributed by atoms with van der Waals surface area (Å²) in [6, 6.07) is 0. The van der Waals surface area contributed by atoms with E-state index in [4.69, 9.17) is 10.2 Å². The Morgan fingerprint density at radius 3 is 2.12 bits per heavy atom. The minimum atomic E-state index is -1.57. The lowest BCUT2D eigenvalue weighted by atomic mass is 9.54. The fourth-order valence-corrected chi connectivity index (χ4v) is 3.02. The highest BCUT2D eigenvalue weighted by Crippen LogP contribution is 2.53. The number of rotatable bonds is 3. The van der Waals surface area contributed by atoms with Crippen LogP contribution in [0.3, 0.4) is 0 Å². The van der Waals surface area contributed by atoms with Gasteiger partial charge in [-0.3, -0.25) is 14.4 Å². The van der Waals surface area contributed by atoms with Crippen LogP contribution in [0, 0.1) is 23.2 Å². The van der Waals surface area contributed by atoms with Crippen molar-refractivity contribution in [2.24, 2.45) is 23.2 Å². The lowest BCUT2D eigenvalue weighted by Crippen LogP contribution is -2.55. The van der Waals surface area contributed by atoms with E-state index in [0.29, 0.717) is 6.42 Å². The van der Waals surface area contributed by atoms with Crippen LogP contribution in [-0.4, -0.2) is 33.2 Å². The highest BCUT2D eigenvalue weighted by Gasteiger charge is 2.60. The molecule has 3 aliphatic rings. The molecule has 0 aromatic heterocycles. The first kappa shape index (κ1) is 11.6. The van der Waals surface area contributed by atoms with Gasteiger partial charge in [0.05, 0.1) is 17.3 Å². The van der Waals surface area contributed by atoms with E-state index < -0.39 is 35.2 Å². The van der Waals surface area contributed by atoms with Crippen molar-refractivity contribution in [2.75, 3.05) is 0 Å². The minimum absolute atomic E-state index is 0.185. The van der Waals surface area contributed by atoms with Crippen LogP contribution in [0.25, 0.3) is 0 Å². The summed E-state index contributed by atoms with van der Waals surface area (Å²) in [6.45, 7) is 0. The number of allylic oxidation sites excluding steroid dienone is 1. The Morgan fingerprint density at radius 1 is 1.12 bits per heavy atom. The highest BCUT2D eigenvalue weighted by atomic mass is 16.4. The molecule has 0 aromatic carbocycles. The predicted molar refractivity (Wildman–Crippen MR) is 54.2 cm³/mol. The van der Waals surface area contributed by atoms with Gasteiger partial charge in [0.1, 0.15) is 0 Å². The number of fused-ring (bicyclic) bond motifs is 2. The summed E-state index contributed by atoms with van der Waals surface area (Å²) in [7, 11) is 0. The maximum atomic E-state index is 11.3. The van der Waals surface area contributed by atoms with Gasteiger partial charge in [0, 0.05) is 0 Å². The molecule has 0 spiro atoms. The SMILES string of the molecule is O=C(O)[C@H]1[C@H]2C=C[C@@](C(=O)O)(CC2)[C@H]1C(=O)O. The van der Waals surface area contributed by atoms with Gasteiger partial charge in [0.25, 0.3) is 0 Å². The quantitative estimate of drug-likeness (QED) is 0.617. The molecule has 3 aliphatic carbocycles. The van der Waals surface area contributed by atoms with Crippen LogP contribution < -0.4 is 0 Å². The molecule has 1 saturated carbocycles. The molecule has 0 aromatic rings. The molecule has 17 heavy (non-hydrogen) atoms. The third-order valence-corrected chi connectivity index (χ3v) is 3.86. The Hall–Kier alpha value is -1.85. The van der Waals surface area contributed by atoms with Gasteiger partial charge in [0.2, 0.25) is 0 Å². The van der Waals surface area contributed by atoms with E-state index in [0.717, 1.165) is 0 Å². The van der Waals surface area contributed by atoms with Crippen molar-refractivity contribution in [3.63, 3.8) is 0 Å². The number of carbonyl (C=O) groups is 3. The third-order valence-electron chi connectivity index (χ3n) is 3.86. The molecule has 0 amide bonds. The highest BCUT2D eigenvalue weighted by molar-refractivity contribution is 5.90. The summed E-state index contributed by atoms with van der Waals surface area (Å²) in [4.78, 5) is 33.6. The van der Waals surface area contributed by atoms with Crippen molar-refractivity contribution in [1.29, 1.82) is 0 Å². The van der Waals surface area contributed by atoms with E-state index in [1.54, 1.807) is 0 Å². The molecule has 0 heterocycles. The van der Waals surface area contributed by atoms with Gasteiger partial charge in [-0.1, -0.05) is 12.2 Å². The molecule has 6 heteroatoms. The normalized spacial score (nSPS) is 38.9. The largest absolute Gasteiger partial charge is 0.481 e. The van der Waals surface area contributed by atoms with Crippen molar-refractivity contribution in [3.8, 4) is 0 Å². The molecule has 4 atom stereocenters. The number of hydrogen-bond acceptors (Lipinski definition) is 3. The fraction of sp³-hybridized carbons (Fsp3) is 0.545. The lowest BCUT2D eigenvalue weighted by molar-refractivity contribution is -0.174. The number of aliphatic carboxylic acids is 3. The van der Waals surface area contributed by atoms with Gasteiger partial charge in [-0.25, -0.2) is 0 Å². The molecule has 0 aliphatic heterocycles. The van der Waals surface area contributed by atoms with Gasteiger partial charge in [-0.2, -0.15) is 0 Å². The van der Waals surface area contributed by atoms with E-state index in [9.17, 15) is 19.5 Å². The van der Waals surface area contributed by atoms with Crippen molar-refractivity contribution in [1.82, 2.24) is 0 Å². The molecule has 0 saturated heterocycles. The topological polar surface area (TPSA) is 112 Å². The molecule has 2 bridgehead atoms. The van der Waals surface area contributed by atoms with Crippen LogP contribution in [0.4, 0.5) is 0 Å². The molecule has 1 fully saturated rings. The van der Waals surface area contributed by atoms with Crippen LogP contribution in [0.5, 0.6) is 0 Å². The monoisotopic (exact) mass is 240 g/mol. The fourth-order valence-electron chi connectivity index (χ4n) is 3.02. The van der Waals surface area contributed by atoms with E-state index in [1.165, 1.54) is 12.2 Å². The maximum absolute atomic E-state index is 11.3. The van der Waals surface area contributed by atoms with Crippen molar-refractivity contribution in [3.05, 3.63) is 12.2 Å². The first-order valence-corrected chi connectivity index (χ1v) is 5.28. The predicted octanol–water partition coefficient (Wildman–Crippen LogP) is 0.439. The van der Waals surface area contributed by atoms with E-state index >= 15 is 0 Å². The first-order chi connectivity index (χ1) is 7.90. The summed E-state index contributed by atoms with van der Waals surface area (Å²) < 4.78 is 0. The van der Waals surface area contributed by atoms with E-state index in [2.05, 4.69) is 0 Å². The van der Waals surface area contributed by atoms with Crippen LogP contribution in [0.1, 0.15) is 12.8 Å². The average molecular weight is 240 g/mol. The molecular weight excluding hydrogens is 228 g/mol.